The molecule has 1 aromatic carbocycles. The fourth-order valence-electron chi connectivity index (χ4n) is 3.17. The molecule has 0 bridgehead atoms. The van der Waals surface area contributed by atoms with Crippen molar-refractivity contribution < 1.29 is 9.47 Å². The zero-order chi connectivity index (χ0) is 16.2. The summed E-state index contributed by atoms with van der Waals surface area (Å²) in [6, 6.07) is 3.95. The molecule has 1 aromatic heterocycles. The smallest absolute Gasteiger partial charge is 0.203 e. The molecule has 1 saturated heterocycles. The third-order valence-corrected chi connectivity index (χ3v) is 4.46. The Labute approximate surface area is 137 Å². The van der Waals surface area contributed by atoms with Gasteiger partial charge in [0, 0.05) is 32.8 Å². The molecule has 0 atom stereocenters. The van der Waals surface area contributed by atoms with E-state index in [1.165, 1.54) is 25.9 Å². The topological polar surface area (TPSA) is 51.6 Å². The number of fused-ring (bicyclic) bond motifs is 1. The fraction of sp³-hybridized carbons (Fsp3) is 0.588. The summed E-state index contributed by atoms with van der Waals surface area (Å²) < 4.78 is 13.5. The third kappa shape index (κ3) is 3.37. The minimum absolute atomic E-state index is 0.698. The number of ether oxygens (including phenoxy) is 2. The molecule has 0 aliphatic carbocycles. The fourth-order valence-corrected chi connectivity index (χ4v) is 3.17. The first-order valence-electron chi connectivity index (χ1n) is 8.30. The predicted octanol–water partition coefficient (Wildman–Crippen LogP) is 2.49. The van der Waals surface area contributed by atoms with E-state index in [2.05, 4.69) is 15.2 Å². The van der Waals surface area contributed by atoms with Crippen molar-refractivity contribution in [1.82, 2.24) is 14.5 Å². The first-order valence-corrected chi connectivity index (χ1v) is 8.30. The van der Waals surface area contributed by atoms with E-state index >= 15 is 0 Å². The second-order valence-electron chi connectivity index (χ2n) is 5.99. The summed E-state index contributed by atoms with van der Waals surface area (Å²) in [7, 11) is 5.53. The van der Waals surface area contributed by atoms with Crippen LogP contribution in [0.25, 0.3) is 11.0 Å². The summed E-state index contributed by atoms with van der Waals surface area (Å²) in [6.45, 7) is 4.27. The van der Waals surface area contributed by atoms with E-state index in [0.29, 0.717) is 6.61 Å². The van der Waals surface area contributed by atoms with Crippen LogP contribution in [0.3, 0.4) is 0 Å². The van der Waals surface area contributed by atoms with Gasteiger partial charge in [-0.25, -0.2) is 4.98 Å². The van der Waals surface area contributed by atoms with E-state index in [4.69, 9.17) is 9.47 Å². The molecular weight excluding hydrogens is 292 g/mol. The number of anilines is 1. The number of likely N-dealkylation sites (tertiary alicyclic amines) is 1. The van der Waals surface area contributed by atoms with Gasteiger partial charge >= 0.3 is 0 Å². The number of rotatable bonds is 7. The van der Waals surface area contributed by atoms with Crippen LogP contribution in [0.5, 0.6) is 11.5 Å². The summed E-state index contributed by atoms with van der Waals surface area (Å²) in [5, 5.41) is 3.09. The molecule has 6 heteroatoms. The monoisotopic (exact) mass is 318 g/mol. The summed E-state index contributed by atoms with van der Waals surface area (Å²) >= 11 is 0. The molecule has 126 valence electrons. The van der Waals surface area contributed by atoms with Gasteiger partial charge < -0.3 is 24.3 Å². The van der Waals surface area contributed by atoms with E-state index in [1.54, 1.807) is 7.11 Å². The zero-order valence-electron chi connectivity index (χ0n) is 14.3. The van der Waals surface area contributed by atoms with Gasteiger partial charge in [0.05, 0.1) is 24.8 Å². The minimum atomic E-state index is 0.698. The summed E-state index contributed by atoms with van der Waals surface area (Å²) in [5.41, 5.74) is 1.93. The Morgan fingerprint density at radius 3 is 2.70 bits per heavy atom. The van der Waals surface area contributed by atoms with Crippen molar-refractivity contribution in [3.63, 3.8) is 0 Å². The van der Waals surface area contributed by atoms with Gasteiger partial charge in [0.25, 0.3) is 0 Å². The number of methoxy groups -OCH3 is 1. The van der Waals surface area contributed by atoms with Gasteiger partial charge in [0.2, 0.25) is 5.95 Å². The number of hydrogen-bond acceptors (Lipinski definition) is 5. The number of benzene rings is 1. The lowest BCUT2D eigenvalue weighted by Gasteiger charge is -2.15. The Kier molecular flexibility index (Phi) is 4.91. The standard InChI is InChI=1S/C17H26N4O2/c1-18-17-19-13-11-16(15(22-3)12-14(13)20(17)2)23-10-6-9-21-7-4-5-8-21/h11-12H,4-10H2,1-3H3,(H,18,19). The average Bonchev–Trinajstić information content (AvgIpc) is 3.19. The molecule has 1 fully saturated rings. The number of aryl methyl sites for hydroxylation is 1. The van der Waals surface area contributed by atoms with Crippen molar-refractivity contribution in [1.29, 1.82) is 0 Å². The molecule has 6 nitrogen and oxygen atoms in total. The Hall–Kier alpha value is -1.95. The van der Waals surface area contributed by atoms with E-state index in [1.807, 2.05) is 30.8 Å². The van der Waals surface area contributed by atoms with Gasteiger partial charge in [0.1, 0.15) is 0 Å². The molecule has 1 N–H and O–H groups in total. The van der Waals surface area contributed by atoms with Gasteiger partial charge in [-0.3, -0.25) is 0 Å². The van der Waals surface area contributed by atoms with Crippen LogP contribution >= 0.6 is 0 Å². The highest BCUT2D eigenvalue weighted by Gasteiger charge is 2.14. The lowest BCUT2D eigenvalue weighted by Crippen LogP contribution is -2.21. The molecular formula is C17H26N4O2. The van der Waals surface area contributed by atoms with Gasteiger partial charge in [-0.05, 0) is 32.4 Å². The molecule has 1 aliphatic rings. The number of aromatic nitrogens is 2. The van der Waals surface area contributed by atoms with Gasteiger partial charge in [0.15, 0.2) is 11.5 Å². The van der Waals surface area contributed by atoms with Gasteiger partial charge in [-0.1, -0.05) is 0 Å². The molecule has 23 heavy (non-hydrogen) atoms. The molecule has 0 spiro atoms. The van der Waals surface area contributed by atoms with Crippen LogP contribution < -0.4 is 14.8 Å². The number of nitrogens with zero attached hydrogens (tertiary/aromatic N) is 3. The highest BCUT2D eigenvalue weighted by molar-refractivity contribution is 5.82. The molecule has 0 saturated carbocycles. The van der Waals surface area contributed by atoms with E-state index in [-0.39, 0.29) is 0 Å². The lowest BCUT2D eigenvalue weighted by molar-refractivity contribution is 0.254. The highest BCUT2D eigenvalue weighted by atomic mass is 16.5. The van der Waals surface area contributed by atoms with Crippen molar-refractivity contribution >= 4 is 17.0 Å². The predicted molar refractivity (Wildman–Crippen MR) is 92.6 cm³/mol. The first-order chi connectivity index (χ1) is 11.2. The van der Waals surface area contributed by atoms with Crippen molar-refractivity contribution in [2.75, 3.05) is 45.7 Å². The highest BCUT2D eigenvalue weighted by Crippen LogP contribution is 2.33. The molecule has 0 amide bonds. The zero-order valence-corrected chi connectivity index (χ0v) is 14.3. The Morgan fingerprint density at radius 2 is 2.00 bits per heavy atom. The maximum Gasteiger partial charge on any atom is 0.203 e. The van der Waals surface area contributed by atoms with E-state index in [9.17, 15) is 0 Å². The van der Waals surface area contributed by atoms with Crippen LogP contribution in [-0.2, 0) is 7.05 Å². The second-order valence-corrected chi connectivity index (χ2v) is 5.99. The molecule has 1 aliphatic heterocycles. The maximum atomic E-state index is 5.96. The quantitative estimate of drug-likeness (QED) is 0.795. The lowest BCUT2D eigenvalue weighted by atomic mass is 10.2. The minimum Gasteiger partial charge on any atom is -0.493 e. The average molecular weight is 318 g/mol. The van der Waals surface area contributed by atoms with E-state index < -0.39 is 0 Å². The molecule has 2 aromatic rings. The Bertz CT molecular complexity index is 662. The van der Waals surface area contributed by atoms with Gasteiger partial charge in [-0.2, -0.15) is 0 Å². The molecule has 0 radical (unpaired) electrons. The number of nitrogens with one attached hydrogen (secondary N) is 1. The van der Waals surface area contributed by atoms with Crippen molar-refractivity contribution in [3.05, 3.63) is 12.1 Å². The normalized spacial score (nSPS) is 15.3. The molecule has 2 heterocycles. The van der Waals surface area contributed by atoms with E-state index in [0.717, 1.165) is 41.4 Å². The van der Waals surface area contributed by atoms with Crippen molar-refractivity contribution in [2.45, 2.75) is 19.3 Å². The van der Waals surface area contributed by atoms with Crippen LogP contribution in [0.2, 0.25) is 0 Å². The Balaban J connectivity index is 1.68. The summed E-state index contributed by atoms with van der Waals surface area (Å²) in [6.07, 6.45) is 3.70. The largest absolute Gasteiger partial charge is 0.493 e. The van der Waals surface area contributed by atoms with Crippen molar-refractivity contribution in [2.24, 2.45) is 7.05 Å². The SMILES string of the molecule is CNc1nc2cc(OCCCN3CCCC3)c(OC)cc2n1C. The van der Waals surface area contributed by atoms with Crippen LogP contribution in [0.4, 0.5) is 5.95 Å². The van der Waals surface area contributed by atoms with Crippen LogP contribution in [-0.4, -0.2) is 54.8 Å². The molecule has 0 unspecified atom stereocenters. The summed E-state index contributed by atoms with van der Waals surface area (Å²) in [5.74, 6) is 2.35. The molecule has 3 rings (SSSR count). The second kappa shape index (κ2) is 7.08. The third-order valence-electron chi connectivity index (χ3n) is 4.46. The van der Waals surface area contributed by atoms with Crippen LogP contribution in [0.1, 0.15) is 19.3 Å². The number of imidazole rings is 1. The van der Waals surface area contributed by atoms with Gasteiger partial charge in [-0.15, -0.1) is 0 Å². The first kappa shape index (κ1) is 15.9. The van der Waals surface area contributed by atoms with Crippen LogP contribution in [0, 0.1) is 0 Å². The van der Waals surface area contributed by atoms with Crippen LogP contribution in [0.15, 0.2) is 12.1 Å². The maximum absolute atomic E-state index is 5.96. The Morgan fingerprint density at radius 1 is 1.22 bits per heavy atom. The number of hydrogen-bond donors (Lipinski definition) is 1. The van der Waals surface area contributed by atoms with Crippen molar-refractivity contribution in [3.8, 4) is 11.5 Å². The summed E-state index contributed by atoms with van der Waals surface area (Å²) in [4.78, 5) is 7.07.